The Balaban J connectivity index is 2.32. The predicted octanol–water partition coefficient (Wildman–Crippen LogP) is 2.77. The van der Waals surface area contributed by atoms with Crippen LogP contribution in [0.2, 0.25) is 0 Å². The van der Waals surface area contributed by atoms with Crippen LogP contribution >= 0.6 is 0 Å². The lowest BCUT2D eigenvalue weighted by atomic mass is 10.1. The third kappa shape index (κ3) is 6.44. The van der Waals surface area contributed by atoms with Crippen molar-refractivity contribution in [1.82, 2.24) is 20.4 Å². The number of nitrogens with zero attached hydrogens (tertiary/aromatic N) is 2. The van der Waals surface area contributed by atoms with E-state index in [2.05, 4.69) is 29.6 Å². The lowest BCUT2D eigenvalue weighted by Gasteiger charge is -2.19. The number of hydrogen-bond acceptors (Lipinski definition) is 4. The van der Waals surface area contributed by atoms with Crippen LogP contribution in [0.25, 0.3) is 0 Å². The lowest BCUT2D eigenvalue weighted by molar-refractivity contribution is 0.0534. The standard InChI is InChI=1S/C17H30N4O2/c1-12(15-13(2)20-21(7)14(15)3)18-10-8-9-11-19-16(22)23-17(4,5)6/h8-9,12,18H,10-11H2,1-7H3,(H,19,22)/b9-8+. The fourth-order valence-electron chi connectivity index (χ4n) is 2.39. The first-order valence-corrected chi connectivity index (χ1v) is 7.97. The summed E-state index contributed by atoms with van der Waals surface area (Å²) in [6.07, 6.45) is 3.51. The summed E-state index contributed by atoms with van der Waals surface area (Å²) in [4.78, 5) is 11.5. The molecule has 0 bridgehead atoms. The molecule has 0 fully saturated rings. The number of carbonyl (C=O) groups is 1. The molecule has 0 radical (unpaired) electrons. The molecule has 23 heavy (non-hydrogen) atoms. The van der Waals surface area contributed by atoms with Gasteiger partial charge in [-0.3, -0.25) is 4.68 Å². The Morgan fingerprint density at radius 3 is 2.43 bits per heavy atom. The second-order valence-corrected chi connectivity index (χ2v) is 6.69. The van der Waals surface area contributed by atoms with E-state index in [1.165, 1.54) is 11.3 Å². The maximum absolute atomic E-state index is 11.5. The third-order valence-corrected chi connectivity index (χ3v) is 3.47. The number of aromatic nitrogens is 2. The first-order valence-electron chi connectivity index (χ1n) is 7.97. The molecular formula is C17H30N4O2. The van der Waals surface area contributed by atoms with Gasteiger partial charge >= 0.3 is 6.09 Å². The van der Waals surface area contributed by atoms with E-state index < -0.39 is 11.7 Å². The molecule has 1 atom stereocenters. The molecule has 0 saturated carbocycles. The summed E-state index contributed by atoms with van der Waals surface area (Å²) in [5.74, 6) is 0. The molecule has 6 nitrogen and oxygen atoms in total. The minimum atomic E-state index is -0.468. The molecule has 0 aliphatic heterocycles. The van der Waals surface area contributed by atoms with Crippen LogP contribution in [0.1, 0.15) is 50.7 Å². The number of amides is 1. The number of carbonyl (C=O) groups excluding carboxylic acids is 1. The molecule has 1 amide bonds. The van der Waals surface area contributed by atoms with E-state index in [0.29, 0.717) is 6.54 Å². The summed E-state index contributed by atoms with van der Waals surface area (Å²) >= 11 is 0. The molecule has 2 N–H and O–H groups in total. The molecule has 1 rings (SSSR count). The first-order chi connectivity index (χ1) is 10.6. The largest absolute Gasteiger partial charge is 0.444 e. The van der Waals surface area contributed by atoms with Crippen molar-refractivity contribution in [2.45, 2.75) is 53.2 Å². The molecule has 0 aliphatic rings. The van der Waals surface area contributed by atoms with Gasteiger partial charge < -0.3 is 15.4 Å². The Bertz CT molecular complexity index is 556. The van der Waals surface area contributed by atoms with Crippen molar-refractivity contribution in [3.63, 3.8) is 0 Å². The van der Waals surface area contributed by atoms with Crippen LogP contribution in [0.4, 0.5) is 4.79 Å². The Kier molecular flexibility index (Phi) is 6.81. The summed E-state index contributed by atoms with van der Waals surface area (Å²) in [7, 11) is 1.96. The fraction of sp³-hybridized carbons (Fsp3) is 0.647. The molecule has 6 heteroatoms. The molecule has 0 aliphatic carbocycles. The van der Waals surface area contributed by atoms with E-state index in [9.17, 15) is 4.79 Å². The van der Waals surface area contributed by atoms with Crippen LogP contribution in [-0.2, 0) is 11.8 Å². The molecule has 1 aromatic rings. The van der Waals surface area contributed by atoms with Gasteiger partial charge in [-0.1, -0.05) is 12.2 Å². The minimum Gasteiger partial charge on any atom is -0.444 e. The number of ether oxygens (including phenoxy) is 1. The zero-order chi connectivity index (χ0) is 17.6. The van der Waals surface area contributed by atoms with Crippen LogP contribution in [-0.4, -0.2) is 34.6 Å². The first kappa shape index (κ1) is 19.2. The normalized spacial score (nSPS) is 13.3. The average Bonchev–Trinajstić information content (AvgIpc) is 2.65. The summed E-state index contributed by atoms with van der Waals surface area (Å²) in [6, 6.07) is 0.229. The van der Waals surface area contributed by atoms with Gasteiger partial charge in [0.15, 0.2) is 0 Å². The Morgan fingerprint density at radius 1 is 1.30 bits per heavy atom. The van der Waals surface area contributed by atoms with E-state index in [4.69, 9.17) is 4.74 Å². The molecule has 0 saturated heterocycles. The van der Waals surface area contributed by atoms with Crippen LogP contribution < -0.4 is 10.6 Å². The van der Waals surface area contributed by atoms with E-state index >= 15 is 0 Å². The van der Waals surface area contributed by atoms with E-state index in [1.807, 2.05) is 51.6 Å². The smallest absolute Gasteiger partial charge is 0.407 e. The third-order valence-electron chi connectivity index (χ3n) is 3.47. The zero-order valence-electron chi connectivity index (χ0n) is 15.4. The molecule has 130 valence electrons. The summed E-state index contributed by atoms with van der Waals surface area (Å²) in [6.45, 7) is 12.9. The second kappa shape index (κ2) is 8.15. The topological polar surface area (TPSA) is 68.2 Å². The highest BCUT2D eigenvalue weighted by Gasteiger charge is 2.16. The van der Waals surface area contributed by atoms with Crippen LogP contribution in [0.15, 0.2) is 12.2 Å². The van der Waals surface area contributed by atoms with E-state index in [-0.39, 0.29) is 6.04 Å². The predicted molar refractivity (Wildman–Crippen MR) is 92.5 cm³/mol. The van der Waals surface area contributed by atoms with Crippen LogP contribution in [0.5, 0.6) is 0 Å². The Morgan fingerprint density at radius 2 is 1.91 bits per heavy atom. The zero-order valence-corrected chi connectivity index (χ0v) is 15.4. The van der Waals surface area contributed by atoms with Crippen LogP contribution in [0, 0.1) is 13.8 Å². The highest BCUT2D eigenvalue weighted by Crippen LogP contribution is 2.20. The Labute approximate surface area is 139 Å². The van der Waals surface area contributed by atoms with Gasteiger partial charge in [0, 0.05) is 37.4 Å². The van der Waals surface area contributed by atoms with Crippen molar-refractivity contribution in [3.8, 4) is 0 Å². The van der Waals surface area contributed by atoms with Crippen molar-refractivity contribution < 1.29 is 9.53 Å². The molecule has 1 unspecified atom stereocenters. The van der Waals surface area contributed by atoms with E-state index in [0.717, 1.165) is 12.2 Å². The van der Waals surface area contributed by atoms with Gasteiger partial charge in [-0.25, -0.2) is 4.79 Å². The molecule has 1 aromatic heterocycles. The lowest BCUT2D eigenvalue weighted by Crippen LogP contribution is -2.32. The molecular weight excluding hydrogens is 292 g/mol. The molecule has 0 aromatic carbocycles. The minimum absolute atomic E-state index is 0.229. The Hall–Kier alpha value is -1.82. The maximum atomic E-state index is 11.5. The molecule has 1 heterocycles. The van der Waals surface area contributed by atoms with Crippen molar-refractivity contribution in [2.24, 2.45) is 7.05 Å². The quantitative estimate of drug-likeness (QED) is 0.790. The highest BCUT2D eigenvalue weighted by molar-refractivity contribution is 5.67. The van der Waals surface area contributed by atoms with Crippen molar-refractivity contribution in [2.75, 3.05) is 13.1 Å². The maximum Gasteiger partial charge on any atom is 0.407 e. The van der Waals surface area contributed by atoms with Gasteiger partial charge in [0.1, 0.15) is 5.60 Å². The number of hydrogen-bond donors (Lipinski definition) is 2. The molecule has 0 spiro atoms. The number of nitrogens with one attached hydrogen (secondary N) is 2. The summed E-state index contributed by atoms with van der Waals surface area (Å²) in [5, 5.41) is 10.6. The number of alkyl carbamates (subject to hydrolysis) is 1. The van der Waals surface area contributed by atoms with Gasteiger partial charge in [-0.2, -0.15) is 5.10 Å². The number of aryl methyl sites for hydroxylation is 2. The van der Waals surface area contributed by atoms with Crippen molar-refractivity contribution in [1.29, 1.82) is 0 Å². The SMILES string of the molecule is Cc1nn(C)c(C)c1C(C)NC/C=C/CNC(=O)OC(C)(C)C. The average molecular weight is 322 g/mol. The summed E-state index contributed by atoms with van der Waals surface area (Å²) < 4.78 is 7.07. The number of rotatable bonds is 6. The second-order valence-electron chi connectivity index (χ2n) is 6.69. The fourth-order valence-corrected chi connectivity index (χ4v) is 2.39. The van der Waals surface area contributed by atoms with Gasteiger partial charge in [0.25, 0.3) is 0 Å². The van der Waals surface area contributed by atoms with Crippen LogP contribution in [0.3, 0.4) is 0 Å². The monoisotopic (exact) mass is 322 g/mol. The highest BCUT2D eigenvalue weighted by atomic mass is 16.6. The summed E-state index contributed by atoms with van der Waals surface area (Å²) in [5.41, 5.74) is 3.01. The van der Waals surface area contributed by atoms with Gasteiger partial charge in [0.2, 0.25) is 0 Å². The van der Waals surface area contributed by atoms with Crippen molar-refractivity contribution >= 4 is 6.09 Å². The van der Waals surface area contributed by atoms with Gasteiger partial charge in [0.05, 0.1) is 5.69 Å². The van der Waals surface area contributed by atoms with Gasteiger partial charge in [-0.05, 0) is 41.5 Å². The van der Waals surface area contributed by atoms with Gasteiger partial charge in [-0.15, -0.1) is 0 Å². The van der Waals surface area contributed by atoms with Crippen molar-refractivity contribution in [3.05, 3.63) is 29.1 Å². The van der Waals surface area contributed by atoms with E-state index in [1.54, 1.807) is 0 Å².